The third-order valence-corrected chi connectivity index (χ3v) is 5.81. The van der Waals surface area contributed by atoms with E-state index < -0.39 is 0 Å². The number of aromatic amines is 1. The lowest BCUT2D eigenvalue weighted by atomic mass is 10.2. The summed E-state index contributed by atoms with van der Waals surface area (Å²) in [5.41, 5.74) is 2.88. The zero-order valence-electron chi connectivity index (χ0n) is 18.1. The van der Waals surface area contributed by atoms with Crippen molar-refractivity contribution in [3.63, 3.8) is 0 Å². The molecule has 0 bridgehead atoms. The molecule has 0 aliphatic carbocycles. The van der Waals surface area contributed by atoms with E-state index in [1.807, 2.05) is 24.4 Å². The Morgan fingerprint density at radius 2 is 1.94 bits per heavy atom. The number of aromatic nitrogens is 3. The van der Waals surface area contributed by atoms with E-state index in [1.165, 1.54) is 25.9 Å². The van der Waals surface area contributed by atoms with Gasteiger partial charge >= 0.3 is 0 Å². The standard InChI is InChI=1S/C24H27N5O2.ClH/c1-30-22-14-19-21(15-23(22)31-12-4-11-29-9-2-3-10-29)26-16-27-24(19)28-18-5-6-20-17(13-18)7-8-25-20;/h5-8,13-16,25H,2-4,9-12H2,1H3,(H,26,27,28);1H. The highest BCUT2D eigenvalue weighted by molar-refractivity contribution is 5.94. The van der Waals surface area contributed by atoms with E-state index in [0.717, 1.165) is 52.0 Å². The number of hydrogen-bond acceptors (Lipinski definition) is 6. The van der Waals surface area contributed by atoms with E-state index >= 15 is 0 Å². The monoisotopic (exact) mass is 453 g/mol. The first-order valence-electron chi connectivity index (χ1n) is 10.8. The van der Waals surface area contributed by atoms with Gasteiger partial charge in [-0.1, -0.05) is 0 Å². The van der Waals surface area contributed by atoms with Crippen LogP contribution in [-0.4, -0.2) is 53.2 Å². The summed E-state index contributed by atoms with van der Waals surface area (Å²) in [6.07, 6.45) is 7.14. The molecule has 2 aromatic heterocycles. The number of ether oxygens (including phenoxy) is 2. The lowest BCUT2D eigenvalue weighted by Gasteiger charge is -2.16. The molecule has 0 amide bonds. The summed E-state index contributed by atoms with van der Waals surface area (Å²) in [4.78, 5) is 14.6. The van der Waals surface area contributed by atoms with Crippen molar-refractivity contribution in [2.45, 2.75) is 19.3 Å². The number of nitrogens with zero attached hydrogens (tertiary/aromatic N) is 3. The maximum Gasteiger partial charge on any atom is 0.163 e. The van der Waals surface area contributed by atoms with Gasteiger partial charge < -0.3 is 24.7 Å². The van der Waals surface area contributed by atoms with Gasteiger partial charge in [-0.3, -0.25) is 0 Å². The topological polar surface area (TPSA) is 75.3 Å². The van der Waals surface area contributed by atoms with Crippen LogP contribution >= 0.6 is 12.4 Å². The highest BCUT2D eigenvalue weighted by Crippen LogP contribution is 2.35. The molecule has 3 heterocycles. The second kappa shape index (κ2) is 10.1. The smallest absolute Gasteiger partial charge is 0.163 e. The van der Waals surface area contributed by atoms with E-state index in [-0.39, 0.29) is 12.4 Å². The molecule has 0 radical (unpaired) electrons. The van der Waals surface area contributed by atoms with Gasteiger partial charge in [-0.2, -0.15) is 0 Å². The van der Waals surface area contributed by atoms with Gasteiger partial charge in [0.25, 0.3) is 0 Å². The van der Waals surface area contributed by atoms with Crippen molar-refractivity contribution in [1.82, 2.24) is 19.9 Å². The van der Waals surface area contributed by atoms with Gasteiger partial charge in [0.05, 0.1) is 19.2 Å². The fraction of sp³-hybridized carbons (Fsp3) is 0.333. The Morgan fingerprint density at radius 1 is 1.06 bits per heavy atom. The lowest BCUT2D eigenvalue weighted by Crippen LogP contribution is -2.21. The van der Waals surface area contributed by atoms with Gasteiger partial charge in [-0.25, -0.2) is 9.97 Å². The first kappa shape index (κ1) is 22.2. The molecule has 1 aliphatic rings. The first-order chi connectivity index (χ1) is 15.3. The fourth-order valence-corrected chi connectivity index (χ4v) is 4.18. The van der Waals surface area contributed by atoms with Gasteiger partial charge in [0, 0.05) is 40.8 Å². The van der Waals surface area contributed by atoms with Crippen LogP contribution in [0.2, 0.25) is 0 Å². The average molecular weight is 454 g/mol. The summed E-state index contributed by atoms with van der Waals surface area (Å²) in [7, 11) is 1.66. The summed E-state index contributed by atoms with van der Waals surface area (Å²) in [6, 6.07) is 12.1. The molecule has 1 saturated heterocycles. The first-order valence-corrected chi connectivity index (χ1v) is 10.8. The number of fused-ring (bicyclic) bond motifs is 2. The molecule has 1 fully saturated rings. The number of methoxy groups -OCH3 is 1. The summed E-state index contributed by atoms with van der Waals surface area (Å²) in [5.74, 6) is 2.14. The molecular formula is C24H28ClN5O2. The van der Waals surface area contributed by atoms with Crippen LogP contribution in [0.3, 0.4) is 0 Å². The van der Waals surface area contributed by atoms with Gasteiger partial charge in [0.1, 0.15) is 12.1 Å². The van der Waals surface area contributed by atoms with Crippen molar-refractivity contribution >= 4 is 45.7 Å². The van der Waals surface area contributed by atoms with Crippen LogP contribution < -0.4 is 14.8 Å². The van der Waals surface area contributed by atoms with Crippen molar-refractivity contribution in [1.29, 1.82) is 0 Å². The van der Waals surface area contributed by atoms with Crippen LogP contribution in [0, 0.1) is 0 Å². The highest BCUT2D eigenvalue weighted by atomic mass is 35.5. The molecule has 0 unspecified atom stereocenters. The van der Waals surface area contributed by atoms with E-state index in [4.69, 9.17) is 9.47 Å². The molecular weight excluding hydrogens is 426 g/mol. The minimum Gasteiger partial charge on any atom is -0.493 e. The zero-order chi connectivity index (χ0) is 21.0. The summed E-state index contributed by atoms with van der Waals surface area (Å²) < 4.78 is 11.7. The van der Waals surface area contributed by atoms with Crippen LogP contribution in [0.4, 0.5) is 11.5 Å². The number of H-pyrrole nitrogens is 1. The zero-order valence-corrected chi connectivity index (χ0v) is 19.0. The third kappa shape index (κ3) is 4.74. The molecule has 0 spiro atoms. The minimum absolute atomic E-state index is 0. The predicted molar refractivity (Wildman–Crippen MR) is 131 cm³/mol. The second-order valence-corrected chi connectivity index (χ2v) is 7.90. The van der Waals surface area contributed by atoms with Crippen LogP contribution in [0.1, 0.15) is 19.3 Å². The number of nitrogens with one attached hydrogen (secondary N) is 2. The SMILES string of the molecule is COc1cc2c(Nc3ccc4[nH]ccc4c3)ncnc2cc1OCCCN1CCCC1.Cl. The molecule has 32 heavy (non-hydrogen) atoms. The average Bonchev–Trinajstić information content (AvgIpc) is 3.48. The molecule has 4 aromatic rings. The maximum absolute atomic E-state index is 6.06. The Hall–Kier alpha value is -3.03. The van der Waals surface area contributed by atoms with E-state index in [2.05, 4.69) is 43.4 Å². The quantitative estimate of drug-likeness (QED) is 0.359. The van der Waals surface area contributed by atoms with Crippen molar-refractivity contribution in [3.05, 3.63) is 48.9 Å². The molecule has 2 N–H and O–H groups in total. The minimum atomic E-state index is 0. The van der Waals surface area contributed by atoms with E-state index in [0.29, 0.717) is 12.4 Å². The van der Waals surface area contributed by atoms with Crippen LogP contribution in [0.15, 0.2) is 48.9 Å². The van der Waals surface area contributed by atoms with Crippen molar-refractivity contribution in [2.24, 2.45) is 0 Å². The van der Waals surface area contributed by atoms with Gasteiger partial charge in [0.2, 0.25) is 0 Å². The lowest BCUT2D eigenvalue weighted by molar-refractivity contribution is 0.254. The number of anilines is 2. The van der Waals surface area contributed by atoms with Crippen molar-refractivity contribution < 1.29 is 9.47 Å². The van der Waals surface area contributed by atoms with Crippen LogP contribution in [0.25, 0.3) is 21.8 Å². The second-order valence-electron chi connectivity index (χ2n) is 7.90. The Labute approximate surface area is 193 Å². The molecule has 5 rings (SSSR count). The van der Waals surface area contributed by atoms with Crippen molar-refractivity contribution in [2.75, 3.05) is 38.7 Å². The summed E-state index contributed by atoms with van der Waals surface area (Å²) in [6.45, 7) is 4.16. The summed E-state index contributed by atoms with van der Waals surface area (Å²) in [5, 5.41) is 5.45. The van der Waals surface area contributed by atoms with Gasteiger partial charge in [0.15, 0.2) is 11.5 Å². The Balaban J connectivity index is 0.00000245. The fourth-order valence-electron chi connectivity index (χ4n) is 4.18. The Bertz CT molecular complexity index is 1190. The Morgan fingerprint density at radius 3 is 2.78 bits per heavy atom. The highest BCUT2D eigenvalue weighted by Gasteiger charge is 2.14. The molecule has 0 atom stereocenters. The number of halogens is 1. The summed E-state index contributed by atoms with van der Waals surface area (Å²) >= 11 is 0. The van der Waals surface area contributed by atoms with Crippen molar-refractivity contribution in [3.8, 4) is 11.5 Å². The van der Waals surface area contributed by atoms with Crippen LogP contribution in [-0.2, 0) is 0 Å². The molecule has 1 aliphatic heterocycles. The Kier molecular flexibility index (Phi) is 6.97. The molecule has 7 nitrogen and oxygen atoms in total. The number of benzene rings is 2. The van der Waals surface area contributed by atoms with E-state index in [9.17, 15) is 0 Å². The molecule has 2 aromatic carbocycles. The molecule has 8 heteroatoms. The maximum atomic E-state index is 6.06. The van der Waals surface area contributed by atoms with Gasteiger partial charge in [-0.05, 0) is 62.7 Å². The largest absolute Gasteiger partial charge is 0.493 e. The van der Waals surface area contributed by atoms with Gasteiger partial charge in [-0.15, -0.1) is 12.4 Å². The number of rotatable bonds is 8. The number of likely N-dealkylation sites (tertiary alicyclic amines) is 1. The number of hydrogen-bond donors (Lipinski definition) is 2. The predicted octanol–water partition coefficient (Wildman–Crippen LogP) is 5.15. The third-order valence-electron chi connectivity index (χ3n) is 5.81. The molecule has 168 valence electrons. The van der Waals surface area contributed by atoms with Crippen LogP contribution in [0.5, 0.6) is 11.5 Å². The molecule has 0 saturated carbocycles. The van der Waals surface area contributed by atoms with E-state index in [1.54, 1.807) is 13.4 Å². The normalized spacial score (nSPS) is 13.9.